The molecule has 3 atom stereocenters. The van der Waals surface area contributed by atoms with Crippen molar-refractivity contribution in [1.82, 2.24) is 0 Å². The Morgan fingerprint density at radius 1 is 1.26 bits per heavy atom. The van der Waals surface area contributed by atoms with Gasteiger partial charge in [-0.25, -0.2) is 9.59 Å². The van der Waals surface area contributed by atoms with Crippen molar-refractivity contribution in [3.8, 4) is 0 Å². The number of esters is 1. The van der Waals surface area contributed by atoms with Crippen LogP contribution < -0.4 is 0 Å². The topological polar surface area (TPSA) is 166 Å². The van der Waals surface area contributed by atoms with Gasteiger partial charge in [-0.3, -0.25) is 8.39 Å². The van der Waals surface area contributed by atoms with E-state index in [0.29, 0.717) is 0 Å². The molecule has 0 aliphatic rings. The van der Waals surface area contributed by atoms with E-state index in [4.69, 9.17) is 8.92 Å². The molecule has 0 rings (SSSR count). The molecule has 0 bridgehead atoms. The first-order valence-electron chi connectivity index (χ1n) is 7.95. The molecule has 0 aliphatic carbocycles. The highest BCUT2D eigenvalue weighted by Gasteiger charge is 2.37. The Kier molecular flexibility index (Phi) is 11.0. The smallest absolute Gasteiger partial charge is 0.511 e. The molecule has 0 aliphatic heterocycles. The average molecular weight is 433 g/mol. The zero-order valence-corrected chi connectivity index (χ0v) is 17.2. The van der Waals surface area contributed by atoms with Crippen molar-refractivity contribution in [1.29, 1.82) is 0 Å². The predicted molar refractivity (Wildman–Crippen MR) is 91.6 cm³/mol. The number of ether oxygens (including phenoxy) is 3. The summed E-state index contributed by atoms with van der Waals surface area (Å²) in [5.74, 6) is -2.01. The SMILES string of the molecule is CCOC(=O)OC(C)OC(=O)[C@@H](O)C(C)(C)COS(=O)(=O)CCCS(=O)[O-]. The summed E-state index contributed by atoms with van der Waals surface area (Å²) in [5, 5.41) is 10.1. The number of carbonyl (C=O) groups is 2. The van der Waals surface area contributed by atoms with Gasteiger partial charge >= 0.3 is 12.1 Å². The van der Waals surface area contributed by atoms with E-state index in [1.807, 2.05) is 0 Å². The minimum absolute atomic E-state index is 0.0612. The molecule has 11 nitrogen and oxygen atoms in total. The van der Waals surface area contributed by atoms with Crippen molar-refractivity contribution >= 4 is 33.3 Å². The Bertz CT molecular complexity index is 615. The second kappa shape index (κ2) is 11.5. The van der Waals surface area contributed by atoms with E-state index in [-0.39, 0.29) is 18.8 Å². The van der Waals surface area contributed by atoms with Crippen LogP contribution >= 0.6 is 0 Å². The lowest BCUT2D eigenvalue weighted by Gasteiger charge is -2.29. The second-order valence-corrected chi connectivity index (χ2v) is 8.86. The number of hydrogen-bond acceptors (Lipinski definition) is 11. The number of carbonyl (C=O) groups excluding carboxylic acids is 2. The van der Waals surface area contributed by atoms with E-state index in [9.17, 15) is 31.9 Å². The largest absolute Gasteiger partial charge is 0.772 e. The molecule has 0 saturated carbocycles. The van der Waals surface area contributed by atoms with Gasteiger partial charge in [-0.15, -0.1) is 0 Å². The lowest BCUT2D eigenvalue weighted by Crippen LogP contribution is -2.43. The fourth-order valence-electron chi connectivity index (χ4n) is 1.59. The third kappa shape index (κ3) is 11.2. The average Bonchev–Trinajstić information content (AvgIpc) is 2.51. The van der Waals surface area contributed by atoms with E-state index >= 15 is 0 Å². The van der Waals surface area contributed by atoms with Gasteiger partial charge in [-0.1, -0.05) is 24.9 Å². The highest BCUT2D eigenvalue weighted by atomic mass is 32.2. The van der Waals surface area contributed by atoms with E-state index in [2.05, 4.69) is 9.47 Å². The summed E-state index contributed by atoms with van der Waals surface area (Å²) in [6, 6.07) is 0. The summed E-state index contributed by atoms with van der Waals surface area (Å²) in [6.45, 7) is 5.01. The maximum absolute atomic E-state index is 11.9. The summed E-state index contributed by atoms with van der Waals surface area (Å²) in [6.07, 6.45) is -4.32. The molecule has 13 heteroatoms. The fourth-order valence-corrected chi connectivity index (χ4v) is 3.25. The Labute approximate surface area is 160 Å². The molecule has 0 saturated heterocycles. The van der Waals surface area contributed by atoms with Gasteiger partial charge in [0, 0.05) is 18.1 Å². The molecule has 0 aromatic heterocycles. The second-order valence-electron chi connectivity index (χ2n) is 6.08. The molecule has 0 aromatic carbocycles. The molecular formula is C14H25O11S2-. The maximum atomic E-state index is 11.9. The van der Waals surface area contributed by atoms with E-state index in [0.717, 1.165) is 0 Å². The van der Waals surface area contributed by atoms with E-state index < -0.39 is 63.5 Å². The molecule has 0 heterocycles. The Hall–Kier alpha value is -1.28. The number of aliphatic hydroxyl groups excluding tert-OH is 1. The van der Waals surface area contributed by atoms with Gasteiger partial charge in [0.1, 0.15) is 0 Å². The molecule has 0 spiro atoms. The predicted octanol–water partition coefficient (Wildman–Crippen LogP) is 0.0514. The highest BCUT2D eigenvalue weighted by molar-refractivity contribution is 7.86. The maximum Gasteiger partial charge on any atom is 0.511 e. The summed E-state index contributed by atoms with van der Waals surface area (Å²) in [5.41, 5.74) is -1.37. The van der Waals surface area contributed by atoms with E-state index in [1.165, 1.54) is 20.8 Å². The lowest BCUT2D eigenvalue weighted by molar-refractivity contribution is -0.184. The summed E-state index contributed by atoms with van der Waals surface area (Å²) in [4.78, 5) is 23.1. The normalized spacial score (nSPS) is 15.5. The third-order valence-corrected chi connectivity index (χ3v) is 4.97. The van der Waals surface area contributed by atoms with E-state index in [1.54, 1.807) is 6.92 Å². The van der Waals surface area contributed by atoms with Gasteiger partial charge in [-0.05, 0) is 13.3 Å². The van der Waals surface area contributed by atoms with Crippen molar-refractivity contribution in [2.75, 3.05) is 24.7 Å². The standard InChI is InChI=1S/C14H26O11S2/c1-5-22-13(17)25-10(2)24-12(16)11(15)14(3,4)9-23-27(20,21)8-6-7-26(18)19/h10-11,15H,5-9H2,1-4H3,(H,18,19)/p-1/t10?,11-/m1/s1. The summed E-state index contributed by atoms with van der Waals surface area (Å²) < 4.78 is 62.8. The number of hydrogen-bond donors (Lipinski definition) is 1. The minimum Gasteiger partial charge on any atom is -0.772 e. The van der Waals surface area contributed by atoms with Crippen molar-refractivity contribution in [2.24, 2.45) is 5.41 Å². The third-order valence-electron chi connectivity index (χ3n) is 3.09. The van der Waals surface area contributed by atoms with Crippen LogP contribution in [-0.2, 0) is 44.4 Å². The first-order chi connectivity index (χ1) is 12.3. The van der Waals surface area contributed by atoms with Crippen LogP contribution in [0.25, 0.3) is 0 Å². The number of aliphatic hydroxyl groups is 1. The van der Waals surface area contributed by atoms with Gasteiger partial charge in [0.15, 0.2) is 6.10 Å². The van der Waals surface area contributed by atoms with Gasteiger partial charge in [0.25, 0.3) is 10.1 Å². The molecular weight excluding hydrogens is 408 g/mol. The quantitative estimate of drug-likeness (QED) is 0.191. The molecule has 27 heavy (non-hydrogen) atoms. The molecule has 2 unspecified atom stereocenters. The van der Waals surface area contributed by atoms with Gasteiger partial charge in [-0.2, -0.15) is 8.42 Å². The zero-order chi connectivity index (χ0) is 21.3. The van der Waals surface area contributed by atoms with Crippen molar-refractivity contribution < 1.29 is 50.3 Å². The van der Waals surface area contributed by atoms with Crippen LogP contribution in [-0.4, -0.2) is 71.5 Å². The monoisotopic (exact) mass is 433 g/mol. The summed E-state index contributed by atoms with van der Waals surface area (Å²) in [7, 11) is -4.04. The van der Waals surface area contributed by atoms with Crippen molar-refractivity contribution in [2.45, 2.75) is 46.5 Å². The van der Waals surface area contributed by atoms with Gasteiger partial charge in [0.2, 0.25) is 6.29 Å². The first-order valence-corrected chi connectivity index (χ1v) is 10.8. The van der Waals surface area contributed by atoms with Crippen LogP contribution in [0.5, 0.6) is 0 Å². The van der Waals surface area contributed by atoms with Crippen molar-refractivity contribution in [3.63, 3.8) is 0 Å². The summed E-state index contributed by atoms with van der Waals surface area (Å²) >= 11 is -2.36. The lowest BCUT2D eigenvalue weighted by atomic mass is 9.88. The van der Waals surface area contributed by atoms with Crippen LogP contribution in [0.4, 0.5) is 4.79 Å². The highest BCUT2D eigenvalue weighted by Crippen LogP contribution is 2.24. The van der Waals surface area contributed by atoms with Crippen LogP contribution in [0.3, 0.4) is 0 Å². The molecule has 0 aromatic rings. The molecule has 0 amide bonds. The molecule has 1 N–H and O–H groups in total. The van der Waals surface area contributed by atoms with Crippen LogP contribution in [0, 0.1) is 5.41 Å². The Morgan fingerprint density at radius 2 is 1.85 bits per heavy atom. The van der Waals surface area contributed by atoms with Crippen molar-refractivity contribution in [3.05, 3.63) is 0 Å². The van der Waals surface area contributed by atoms with Crippen LogP contribution in [0.2, 0.25) is 0 Å². The van der Waals surface area contributed by atoms with Gasteiger partial charge < -0.3 is 23.9 Å². The number of rotatable bonds is 12. The van der Waals surface area contributed by atoms with Crippen LogP contribution in [0.15, 0.2) is 0 Å². The molecule has 0 radical (unpaired) electrons. The Morgan fingerprint density at radius 3 is 2.37 bits per heavy atom. The molecule has 0 fully saturated rings. The zero-order valence-electron chi connectivity index (χ0n) is 15.5. The Balaban J connectivity index is 4.60. The molecule has 160 valence electrons. The minimum atomic E-state index is -4.04. The fraction of sp³-hybridized carbons (Fsp3) is 0.857. The van der Waals surface area contributed by atoms with Crippen LogP contribution in [0.1, 0.15) is 34.1 Å². The van der Waals surface area contributed by atoms with Gasteiger partial charge in [0.05, 0.1) is 19.0 Å². The first kappa shape index (κ1) is 25.7.